The van der Waals surface area contributed by atoms with Gasteiger partial charge >= 0.3 is 11.7 Å². The summed E-state index contributed by atoms with van der Waals surface area (Å²) in [6.07, 6.45) is 10.2. The number of hydrogen-bond donors (Lipinski definition) is 2. The number of carbonyl (C=O) groups is 2. The van der Waals surface area contributed by atoms with E-state index in [1.165, 1.54) is 44.2 Å². The highest BCUT2D eigenvalue weighted by molar-refractivity contribution is 7.10. The average molecular weight is 518 g/mol. The van der Waals surface area contributed by atoms with Gasteiger partial charge in [0.05, 0.1) is 7.11 Å². The molecule has 0 aliphatic carbocycles. The maximum Gasteiger partial charge on any atom is 0.410 e. The Morgan fingerprint density at radius 3 is 2.67 bits per heavy atom. The number of ether oxygens (including phenoxy) is 1. The minimum absolute atomic E-state index is 0.176. The Kier molecular flexibility index (Phi) is 11.4. The molecule has 2 aromatic heterocycles. The summed E-state index contributed by atoms with van der Waals surface area (Å²) in [5.74, 6) is -0.642. The summed E-state index contributed by atoms with van der Waals surface area (Å²) in [6.45, 7) is 7.64. The van der Waals surface area contributed by atoms with Crippen molar-refractivity contribution in [1.29, 1.82) is 0 Å². The SMILES string of the molecule is CCCCCCc1csc(CC(C)(C)C(=O)c2c(O)cc(C(C)CC/C=C/NC(=O)OC)oc2=O)c1. The molecular weight excluding hydrogens is 478 g/mol. The van der Waals surface area contributed by atoms with Gasteiger partial charge in [0.15, 0.2) is 5.78 Å². The summed E-state index contributed by atoms with van der Waals surface area (Å²) in [6, 6.07) is 3.51. The Balaban J connectivity index is 2.04. The van der Waals surface area contributed by atoms with Crippen LogP contribution in [0.25, 0.3) is 0 Å². The number of nitrogens with one attached hydrogen (secondary N) is 1. The van der Waals surface area contributed by atoms with Crippen molar-refractivity contribution in [2.24, 2.45) is 5.41 Å². The van der Waals surface area contributed by atoms with Gasteiger partial charge in [-0.3, -0.25) is 10.1 Å². The van der Waals surface area contributed by atoms with Crippen molar-refractivity contribution in [3.63, 3.8) is 0 Å². The quantitative estimate of drug-likeness (QED) is 0.212. The lowest BCUT2D eigenvalue weighted by Gasteiger charge is -2.22. The Bertz CT molecular complexity index is 1100. The third-order valence-electron chi connectivity index (χ3n) is 6.19. The molecule has 2 N–H and O–H groups in total. The van der Waals surface area contributed by atoms with Gasteiger partial charge in [0, 0.05) is 28.5 Å². The lowest BCUT2D eigenvalue weighted by molar-refractivity contribution is 0.0830. The molecule has 0 aliphatic heterocycles. The first-order chi connectivity index (χ1) is 17.1. The summed E-state index contributed by atoms with van der Waals surface area (Å²) in [4.78, 5) is 38.2. The fourth-order valence-corrected chi connectivity index (χ4v) is 5.12. The fourth-order valence-electron chi connectivity index (χ4n) is 3.97. The van der Waals surface area contributed by atoms with Gasteiger partial charge in [0.2, 0.25) is 0 Å². The summed E-state index contributed by atoms with van der Waals surface area (Å²) in [5, 5.41) is 15.2. The van der Waals surface area contributed by atoms with Crippen molar-refractivity contribution in [2.45, 2.75) is 85.0 Å². The van der Waals surface area contributed by atoms with Crippen LogP contribution < -0.4 is 10.9 Å². The summed E-state index contributed by atoms with van der Waals surface area (Å²) in [5.41, 5.74) is -0.706. The molecule has 1 unspecified atom stereocenters. The van der Waals surface area contributed by atoms with Crippen LogP contribution in [0.1, 0.15) is 98.7 Å². The predicted molar refractivity (Wildman–Crippen MR) is 143 cm³/mol. The molecule has 8 heteroatoms. The molecule has 2 aromatic rings. The van der Waals surface area contributed by atoms with E-state index in [1.54, 1.807) is 31.3 Å². The van der Waals surface area contributed by atoms with Gasteiger partial charge in [-0.1, -0.05) is 53.0 Å². The van der Waals surface area contributed by atoms with E-state index in [2.05, 4.69) is 28.4 Å². The number of Topliss-reactive ketones (excluding diaryl/α,β-unsaturated/α-hetero) is 1. The number of carbonyl (C=O) groups excluding carboxylic acids is 2. The van der Waals surface area contributed by atoms with Crippen molar-refractivity contribution in [2.75, 3.05) is 7.11 Å². The van der Waals surface area contributed by atoms with Crippen LogP contribution in [-0.2, 0) is 17.6 Å². The van der Waals surface area contributed by atoms with E-state index in [1.807, 2.05) is 6.92 Å². The van der Waals surface area contributed by atoms with E-state index < -0.39 is 22.9 Å². The minimum atomic E-state index is -0.874. The van der Waals surface area contributed by atoms with Crippen LogP contribution in [0.3, 0.4) is 0 Å². The second-order valence-corrected chi connectivity index (χ2v) is 10.8. The van der Waals surface area contributed by atoms with Gasteiger partial charge in [0.25, 0.3) is 0 Å². The lowest BCUT2D eigenvalue weighted by atomic mass is 9.81. The molecule has 0 spiro atoms. The smallest absolute Gasteiger partial charge is 0.410 e. The van der Waals surface area contributed by atoms with Gasteiger partial charge in [-0.25, -0.2) is 9.59 Å². The van der Waals surface area contributed by atoms with E-state index in [0.29, 0.717) is 25.0 Å². The molecule has 2 rings (SSSR count). The van der Waals surface area contributed by atoms with E-state index in [9.17, 15) is 19.5 Å². The highest BCUT2D eigenvalue weighted by Gasteiger charge is 2.34. The molecule has 36 heavy (non-hydrogen) atoms. The van der Waals surface area contributed by atoms with Crippen molar-refractivity contribution < 1.29 is 23.8 Å². The number of unbranched alkanes of at least 4 members (excludes halogenated alkanes) is 3. The molecule has 1 atom stereocenters. The molecule has 0 fully saturated rings. The zero-order chi connectivity index (χ0) is 26.7. The number of rotatable bonds is 14. The summed E-state index contributed by atoms with van der Waals surface area (Å²) < 4.78 is 9.93. The predicted octanol–water partition coefficient (Wildman–Crippen LogP) is 6.73. The fraction of sp³-hybridized carbons (Fsp3) is 0.536. The molecule has 7 nitrogen and oxygen atoms in total. The van der Waals surface area contributed by atoms with Crippen LogP contribution in [0, 0.1) is 5.41 Å². The average Bonchev–Trinajstić information content (AvgIpc) is 3.27. The molecule has 198 valence electrons. The highest BCUT2D eigenvalue weighted by atomic mass is 32.1. The topological polar surface area (TPSA) is 106 Å². The number of thiophene rings is 1. The highest BCUT2D eigenvalue weighted by Crippen LogP contribution is 2.33. The third kappa shape index (κ3) is 8.66. The number of methoxy groups -OCH3 is 1. The van der Waals surface area contributed by atoms with E-state index in [-0.39, 0.29) is 17.2 Å². The lowest BCUT2D eigenvalue weighted by Crippen LogP contribution is -2.31. The van der Waals surface area contributed by atoms with Crippen LogP contribution in [-0.4, -0.2) is 24.1 Å². The number of aromatic hydroxyl groups is 1. The Morgan fingerprint density at radius 2 is 2.00 bits per heavy atom. The van der Waals surface area contributed by atoms with Crippen LogP contribution in [0.15, 0.2) is 39.0 Å². The van der Waals surface area contributed by atoms with E-state index >= 15 is 0 Å². The molecule has 0 radical (unpaired) electrons. The molecule has 0 aliphatic rings. The molecule has 2 heterocycles. The first-order valence-corrected chi connectivity index (χ1v) is 13.4. The van der Waals surface area contributed by atoms with Crippen LogP contribution in [0.4, 0.5) is 4.79 Å². The monoisotopic (exact) mass is 517 g/mol. The van der Waals surface area contributed by atoms with Crippen molar-refractivity contribution in [3.05, 3.63) is 62.0 Å². The van der Waals surface area contributed by atoms with Crippen molar-refractivity contribution in [3.8, 4) is 5.75 Å². The van der Waals surface area contributed by atoms with Crippen molar-refractivity contribution in [1.82, 2.24) is 5.32 Å². The number of alkyl carbamates (subject to hydrolysis) is 1. The minimum Gasteiger partial charge on any atom is -0.507 e. The van der Waals surface area contributed by atoms with Gasteiger partial charge in [-0.15, -0.1) is 11.3 Å². The molecule has 0 saturated heterocycles. The Labute approximate surface area is 217 Å². The first kappa shape index (κ1) is 29.4. The van der Waals surface area contributed by atoms with E-state index in [4.69, 9.17) is 4.42 Å². The maximum atomic E-state index is 13.3. The van der Waals surface area contributed by atoms with Crippen LogP contribution >= 0.6 is 11.3 Å². The Morgan fingerprint density at radius 1 is 1.25 bits per heavy atom. The molecule has 0 bridgehead atoms. The zero-order valence-electron chi connectivity index (χ0n) is 22.0. The number of ketones is 1. The number of allylic oxidation sites excluding steroid dienone is 1. The molecule has 0 saturated carbocycles. The van der Waals surface area contributed by atoms with Gasteiger partial charge in [0.1, 0.15) is 17.1 Å². The summed E-state index contributed by atoms with van der Waals surface area (Å²) >= 11 is 1.63. The standard InChI is InChI=1S/C28H39NO6S/c1-6-7-8-9-13-20-15-21(36-18-20)17-28(3,4)25(31)24-22(30)16-23(35-26(24)32)19(2)12-10-11-14-29-27(33)34-5/h11,14-16,18-19,30H,6-10,12-13,17H2,1-5H3,(H,29,33)/b14-11+. The summed E-state index contributed by atoms with van der Waals surface area (Å²) in [7, 11) is 1.28. The maximum absolute atomic E-state index is 13.3. The number of amides is 1. The van der Waals surface area contributed by atoms with Crippen molar-refractivity contribution >= 4 is 23.2 Å². The largest absolute Gasteiger partial charge is 0.507 e. The molecular formula is C28H39NO6S. The normalized spacial score (nSPS) is 12.6. The second-order valence-electron chi connectivity index (χ2n) is 9.83. The third-order valence-corrected chi connectivity index (χ3v) is 7.18. The zero-order valence-corrected chi connectivity index (χ0v) is 22.8. The number of hydrogen-bond acceptors (Lipinski definition) is 7. The van der Waals surface area contributed by atoms with Gasteiger partial charge in [-0.05, 0) is 49.1 Å². The molecule has 0 aromatic carbocycles. The van der Waals surface area contributed by atoms with Crippen LogP contribution in [0.2, 0.25) is 0 Å². The van der Waals surface area contributed by atoms with Crippen LogP contribution in [0.5, 0.6) is 5.75 Å². The second kappa shape index (κ2) is 14.0. The van der Waals surface area contributed by atoms with Gasteiger partial charge in [-0.2, -0.15) is 0 Å². The number of aryl methyl sites for hydroxylation is 1. The Hall–Kier alpha value is -2.87. The van der Waals surface area contributed by atoms with Gasteiger partial charge < -0.3 is 14.3 Å². The molecule has 1 amide bonds. The first-order valence-electron chi connectivity index (χ1n) is 12.6. The van der Waals surface area contributed by atoms with E-state index in [0.717, 1.165) is 17.7 Å².